The highest BCUT2D eigenvalue weighted by atomic mass is 19.4. The molecular formula is C12H15F3N4O2. The van der Waals surface area contributed by atoms with Gasteiger partial charge in [-0.2, -0.15) is 13.2 Å². The Bertz CT molecular complexity index is 532. The standard InChI is InChI=1S/C12H15F3N4O2/c13-12(14,15)8-5-4-7(10(17)21)11(19-8)18-6-2-1-3-9(16)20/h4-5H,1-3,6H2,(H2,16,20)(H2,17,21)(H,18,19). The molecule has 0 bridgehead atoms. The van der Waals surface area contributed by atoms with Crippen molar-refractivity contribution in [2.75, 3.05) is 11.9 Å². The van der Waals surface area contributed by atoms with Crippen LogP contribution in [0, 0.1) is 0 Å². The number of pyridine rings is 1. The maximum absolute atomic E-state index is 12.6. The van der Waals surface area contributed by atoms with Crippen molar-refractivity contribution in [3.05, 3.63) is 23.4 Å². The van der Waals surface area contributed by atoms with E-state index in [2.05, 4.69) is 10.3 Å². The lowest BCUT2D eigenvalue weighted by atomic mass is 10.2. The van der Waals surface area contributed by atoms with Crippen molar-refractivity contribution in [3.63, 3.8) is 0 Å². The van der Waals surface area contributed by atoms with Gasteiger partial charge < -0.3 is 16.8 Å². The van der Waals surface area contributed by atoms with Crippen LogP contribution in [0.5, 0.6) is 0 Å². The lowest BCUT2D eigenvalue weighted by Gasteiger charge is -2.12. The number of hydrogen-bond donors (Lipinski definition) is 3. The molecule has 0 saturated heterocycles. The third-order valence-corrected chi connectivity index (χ3v) is 2.59. The van der Waals surface area contributed by atoms with Crippen LogP contribution in [0.15, 0.2) is 12.1 Å². The predicted molar refractivity (Wildman–Crippen MR) is 69.3 cm³/mol. The number of nitrogens with one attached hydrogen (secondary N) is 1. The second kappa shape index (κ2) is 6.91. The SMILES string of the molecule is NC(=O)CCCCNc1nc(C(F)(F)F)ccc1C(N)=O. The summed E-state index contributed by atoms with van der Waals surface area (Å²) in [7, 11) is 0. The molecule has 0 aliphatic carbocycles. The van der Waals surface area contributed by atoms with Gasteiger partial charge in [0, 0.05) is 13.0 Å². The number of hydrogen-bond acceptors (Lipinski definition) is 4. The average Bonchev–Trinajstić information content (AvgIpc) is 2.36. The zero-order valence-corrected chi connectivity index (χ0v) is 11.0. The van der Waals surface area contributed by atoms with Crippen LogP contribution in [0.2, 0.25) is 0 Å². The normalized spacial score (nSPS) is 11.2. The zero-order chi connectivity index (χ0) is 16.0. The van der Waals surface area contributed by atoms with Crippen molar-refractivity contribution in [2.24, 2.45) is 11.5 Å². The van der Waals surface area contributed by atoms with Crippen molar-refractivity contribution < 1.29 is 22.8 Å². The molecule has 0 aliphatic rings. The van der Waals surface area contributed by atoms with Gasteiger partial charge in [-0.25, -0.2) is 4.98 Å². The molecule has 1 aromatic heterocycles. The van der Waals surface area contributed by atoms with Gasteiger partial charge in [0.2, 0.25) is 5.91 Å². The molecule has 0 unspecified atom stereocenters. The summed E-state index contributed by atoms with van der Waals surface area (Å²) in [5, 5.41) is 2.62. The number of unbranched alkanes of at least 4 members (excludes halogenated alkanes) is 1. The Balaban J connectivity index is 2.77. The van der Waals surface area contributed by atoms with E-state index in [1.165, 1.54) is 0 Å². The summed E-state index contributed by atoms with van der Waals surface area (Å²) in [6.07, 6.45) is -3.47. The summed E-state index contributed by atoms with van der Waals surface area (Å²) >= 11 is 0. The molecule has 9 heteroatoms. The van der Waals surface area contributed by atoms with Crippen molar-refractivity contribution in [3.8, 4) is 0 Å². The summed E-state index contributed by atoms with van der Waals surface area (Å²) in [5.41, 5.74) is 8.80. The fraction of sp³-hybridized carbons (Fsp3) is 0.417. The number of alkyl halides is 3. The van der Waals surface area contributed by atoms with Gasteiger partial charge in [0.15, 0.2) is 0 Å². The first-order valence-electron chi connectivity index (χ1n) is 6.12. The van der Waals surface area contributed by atoms with Crippen LogP contribution in [0.3, 0.4) is 0 Å². The van der Waals surface area contributed by atoms with E-state index in [-0.39, 0.29) is 24.3 Å². The Labute approximate surface area is 118 Å². The molecule has 0 aromatic carbocycles. The van der Waals surface area contributed by atoms with E-state index in [1.54, 1.807) is 0 Å². The third-order valence-electron chi connectivity index (χ3n) is 2.59. The molecule has 1 aromatic rings. The van der Waals surface area contributed by atoms with E-state index in [0.717, 1.165) is 6.07 Å². The van der Waals surface area contributed by atoms with E-state index in [0.29, 0.717) is 18.9 Å². The maximum atomic E-state index is 12.6. The topological polar surface area (TPSA) is 111 Å². The molecule has 0 spiro atoms. The Morgan fingerprint density at radius 3 is 2.38 bits per heavy atom. The predicted octanol–water partition coefficient (Wildman–Crippen LogP) is 1.27. The first-order chi connectivity index (χ1) is 9.71. The van der Waals surface area contributed by atoms with Crippen LogP contribution in [0.1, 0.15) is 35.3 Å². The van der Waals surface area contributed by atoms with Gasteiger partial charge in [-0.1, -0.05) is 0 Å². The van der Waals surface area contributed by atoms with E-state index >= 15 is 0 Å². The van der Waals surface area contributed by atoms with Gasteiger partial charge in [-0.3, -0.25) is 9.59 Å². The fourth-order valence-corrected chi connectivity index (χ4v) is 1.58. The molecular weight excluding hydrogens is 289 g/mol. The molecule has 1 heterocycles. The lowest BCUT2D eigenvalue weighted by molar-refractivity contribution is -0.141. The van der Waals surface area contributed by atoms with Gasteiger partial charge in [0.25, 0.3) is 5.91 Å². The molecule has 116 valence electrons. The Morgan fingerprint density at radius 1 is 1.19 bits per heavy atom. The molecule has 0 radical (unpaired) electrons. The molecule has 5 N–H and O–H groups in total. The first kappa shape index (κ1) is 16.7. The number of aromatic nitrogens is 1. The molecule has 6 nitrogen and oxygen atoms in total. The van der Waals surface area contributed by atoms with Crippen LogP contribution >= 0.6 is 0 Å². The van der Waals surface area contributed by atoms with Crippen molar-refractivity contribution in [1.29, 1.82) is 0 Å². The summed E-state index contributed by atoms with van der Waals surface area (Å²) in [6.45, 7) is 0.238. The molecule has 0 atom stereocenters. The second-order valence-corrected chi connectivity index (χ2v) is 4.30. The number of anilines is 1. The molecule has 0 aliphatic heterocycles. The van der Waals surface area contributed by atoms with Gasteiger partial charge >= 0.3 is 6.18 Å². The van der Waals surface area contributed by atoms with Crippen molar-refractivity contribution in [2.45, 2.75) is 25.4 Å². The molecule has 1 rings (SSSR count). The number of carbonyl (C=O) groups is 2. The average molecular weight is 304 g/mol. The van der Waals surface area contributed by atoms with Gasteiger partial charge in [0.1, 0.15) is 11.5 Å². The molecule has 0 saturated carbocycles. The van der Waals surface area contributed by atoms with Gasteiger partial charge in [0.05, 0.1) is 5.56 Å². The van der Waals surface area contributed by atoms with Gasteiger partial charge in [-0.05, 0) is 25.0 Å². The fourth-order valence-electron chi connectivity index (χ4n) is 1.58. The largest absolute Gasteiger partial charge is 0.433 e. The molecule has 21 heavy (non-hydrogen) atoms. The third kappa shape index (κ3) is 5.28. The Hall–Kier alpha value is -2.32. The minimum atomic E-state index is -4.61. The van der Waals surface area contributed by atoms with Gasteiger partial charge in [-0.15, -0.1) is 0 Å². The van der Waals surface area contributed by atoms with Crippen molar-refractivity contribution >= 4 is 17.6 Å². The highest BCUT2D eigenvalue weighted by Crippen LogP contribution is 2.29. The van der Waals surface area contributed by atoms with E-state index < -0.39 is 23.7 Å². The maximum Gasteiger partial charge on any atom is 0.433 e. The second-order valence-electron chi connectivity index (χ2n) is 4.30. The summed E-state index contributed by atoms with van der Waals surface area (Å²) in [6, 6.07) is 1.67. The van der Waals surface area contributed by atoms with Crippen molar-refractivity contribution in [1.82, 2.24) is 4.98 Å². The Kier molecular flexibility index (Phi) is 5.51. The highest BCUT2D eigenvalue weighted by molar-refractivity contribution is 5.97. The van der Waals surface area contributed by atoms with E-state index in [9.17, 15) is 22.8 Å². The van der Waals surface area contributed by atoms with Crippen LogP contribution in [-0.4, -0.2) is 23.3 Å². The first-order valence-corrected chi connectivity index (χ1v) is 6.12. The number of halogens is 3. The number of amides is 2. The smallest absolute Gasteiger partial charge is 0.370 e. The van der Waals surface area contributed by atoms with Crippen LogP contribution < -0.4 is 16.8 Å². The van der Waals surface area contributed by atoms with Crippen LogP contribution in [-0.2, 0) is 11.0 Å². The summed E-state index contributed by atoms with van der Waals surface area (Å²) in [5.74, 6) is -1.56. The number of primary amides is 2. The number of rotatable bonds is 7. The zero-order valence-electron chi connectivity index (χ0n) is 11.0. The van der Waals surface area contributed by atoms with Crippen LogP contribution in [0.25, 0.3) is 0 Å². The minimum absolute atomic E-state index is 0.127. The monoisotopic (exact) mass is 304 g/mol. The number of nitrogens with two attached hydrogens (primary N) is 2. The quantitative estimate of drug-likeness (QED) is 0.658. The van der Waals surface area contributed by atoms with E-state index in [1.807, 2.05) is 0 Å². The van der Waals surface area contributed by atoms with E-state index in [4.69, 9.17) is 11.5 Å². The Morgan fingerprint density at radius 2 is 1.86 bits per heavy atom. The summed E-state index contributed by atoms with van der Waals surface area (Å²) < 4.78 is 37.7. The number of carbonyl (C=O) groups excluding carboxylic acids is 2. The molecule has 0 fully saturated rings. The summed E-state index contributed by atoms with van der Waals surface area (Å²) in [4.78, 5) is 25.1. The highest BCUT2D eigenvalue weighted by Gasteiger charge is 2.33. The minimum Gasteiger partial charge on any atom is -0.370 e. The number of nitrogens with zero attached hydrogens (tertiary/aromatic N) is 1. The lowest BCUT2D eigenvalue weighted by Crippen LogP contribution is -2.19. The van der Waals surface area contributed by atoms with Crippen LogP contribution in [0.4, 0.5) is 19.0 Å². The molecule has 2 amide bonds.